The zero-order chi connectivity index (χ0) is 13.0. The zero-order valence-corrected chi connectivity index (χ0v) is 8.43. The van der Waals surface area contributed by atoms with Crippen molar-refractivity contribution in [2.45, 2.75) is 12.7 Å². The predicted octanol–water partition coefficient (Wildman–Crippen LogP) is 0.692. The minimum atomic E-state index is -3.00. The van der Waals surface area contributed by atoms with E-state index < -0.39 is 18.7 Å². The van der Waals surface area contributed by atoms with Crippen LogP contribution < -0.4 is 16.0 Å². The first-order valence-electron chi connectivity index (χ1n) is 4.42. The summed E-state index contributed by atoms with van der Waals surface area (Å²) in [6.07, 6.45) is -1.80. The highest BCUT2D eigenvalue weighted by Crippen LogP contribution is 2.28. The molecule has 6 nitrogen and oxygen atoms in total. The normalized spacial score (nSPS) is 12.3. The van der Waals surface area contributed by atoms with E-state index in [1.807, 2.05) is 0 Å². The van der Waals surface area contributed by atoms with Crippen LogP contribution in [0.15, 0.2) is 18.2 Å². The number of nitrogens with two attached hydrogens (primary N) is 1. The Morgan fingerprint density at radius 2 is 2.12 bits per heavy atom. The summed E-state index contributed by atoms with van der Waals surface area (Å²) in [6, 6.07) is 3.30. The third-order valence-corrected chi connectivity index (χ3v) is 1.93. The summed E-state index contributed by atoms with van der Waals surface area (Å²) in [6.45, 7) is -3.00. The Labute approximate surface area is 94.6 Å². The Bertz CT molecular complexity index is 414. The fourth-order valence-corrected chi connectivity index (χ4v) is 1.21. The number of nitrogen functional groups attached to an aromatic ring is 1. The lowest BCUT2D eigenvalue weighted by Gasteiger charge is -2.13. The summed E-state index contributed by atoms with van der Waals surface area (Å²) in [5, 5.41) is 17.9. The Morgan fingerprint density at radius 1 is 1.47 bits per heavy atom. The van der Waals surface area contributed by atoms with Crippen LogP contribution in [0.2, 0.25) is 0 Å². The monoisotopic (exact) mass is 248 g/mol. The number of carbonyl (C=O) groups is 1. The number of benzene rings is 1. The fourth-order valence-electron chi connectivity index (χ4n) is 1.21. The number of alkyl halides is 2. The third-order valence-electron chi connectivity index (χ3n) is 1.93. The third kappa shape index (κ3) is 3.26. The molecule has 0 aromatic heterocycles. The molecule has 17 heavy (non-hydrogen) atoms. The zero-order valence-electron chi connectivity index (χ0n) is 8.43. The molecule has 0 fully saturated rings. The van der Waals surface area contributed by atoms with Crippen molar-refractivity contribution < 1.29 is 28.5 Å². The molecule has 94 valence electrons. The number of aliphatic carboxylic acids is 1. The van der Waals surface area contributed by atoms with Crippen LogP contribution >= 0.6 is 0 Å². The molecule has 0 amide bonds. The molecule has 0 aliphatic carbocycles. The van der Waals surface area contributed by atoms with Gasteiger partial charge in [0.25, 0.3) is 0 Å². The molecule has 0 aliphatic heterocycles. The van der Waals surface area contributed by atoms with Gasteiger partial charge < -0.3 is 20.4 Å². The van der Waals surface area contributed by atoms with E-state index in [1.165, 1.54) is 0 Å². The molecular weight excluding hydrogens is 238 g/mol. The largest absolute Gasteiger partial charge is 0.479 e. The molecule has 8 heteroatoms. The van der Waals surface area contributed by atoms with Gasteiger partial charge in [-0.25, -0.2) is 4.79 Å². The van der Waals surface area contributed by atoms with E-state index in [2.05, 4.69) is 10.2 Å². The number of hydrazine groups is 1. The lowest BCUT2D eigenvalue weighted by Crippen LogP contribution is -2.16. The van der Waals surface area contributed by atoms with Gasteiger partial charge in [-0.1, -0.05) is 6.07 Å². The van der Waals surface area contributed by atoms with Gasteiger partial charge in [0, 0.05) is 11.6 Å². The number of hydrogen-bond acceptors (Lipinski definition) is 5. The number of rotatable bonds is 5. The van der Waals surface area contributed by atoms with Gasteiger partial charge in [0.1, 0.15) is 5.75 Å². The first kappa shape index (κ1) is 13.1. The number of hydrogen-bond donors (Lipinski definition) is 4. The Kier molecular flexibility index (Phi) is 4.18. The minimum absolute atomic E-state index is 0.0157. The molecule has 0 heterocycles. The van der Waals surface area contributed by atoms with Crippen LogP contribution in [-0.4, -0.2) is 22.8 Å². The van der Waals surface area contributed by atoms with Crippen LogP contribution in [0.3, 0.4) is 0 Å². The maximum Gasteiger partial charge on any atom is 0.387 e. The van der Waals surface area contributed by atoms with Crippen molar-refractivity contribution in [1.82, 2.24) is 0 Å². The van der Waals surface area contributed by atoms with Crippen molar-refractivity contribution in [3.63, 3.8) is 0 Å². The standard InChI is InChI=1S/C9H10F2N2O4/c10-9(11)17-4-1-2-5(6(3-4)13-12)7(14)8(15)16/h1-3,7,9,13-14H,12H2,(H,15,16). The molecule has 0 aliphatic rings. The molecule has 1 unspecified atom stereocenters. The second-order valence-electron chi connectivity index (χ2n) is 3.01. The van der Waals surface area contributed by atoms with Crippen molar-refractivity contribution in [2.75, 3.05) is 5.43 Å². The van der Waals surface area contributed by atoms with Gasteiger partial charge in [-0.3, -0.25) is 5.84 Å². The number of anilines is 1. The van der Waals surface area contributed by atoms with E-state index in [9.17, 15) is 18.7 Å². The Hall–Kier alpha value is -1.93. The van der Waals surface area contributed by atoms with Crippen molar-refractivity contribution >= 4 is 11.7 Å². The first-order chi connectivity index (χ1) is 7.95. The number of carboxylic acids is 1. The van der Waals surface area contributed by atoms with Crippen molar-refractivity contribution in [3.8, 4) is 5.75 Å². The average Bonchev–Trinajstić information content (AvgIpc) is 2.27. The maximum atomic E-state index is 11.9. The second kappa shape index (κ2) is 5.41. The molecular formula is C9H10F2N2O4. The van der Waals surface area contributed by atoms with Gasteiger partial charge in [0.05, 0.1) is 5.69 Å². The average molecular weight is 248 g/mol. The van der Waals surface area contributed by atoms with Gasteiger partial charge in [-0.15, -0.1) is 0 Å². The molecule has 1 atom stereocenters. The topological polar surface area (TPSA) is 105 Å². The van der Waals surface area contributed by atoms with E-state index >= 15 is 0 Å². The summed E-state index contributed by atoms with van der Waals surface area (Å²) in [5.41, 5.74) is 2.03. The molecule has 0 saturated carbocycles. The van der Waals surface area contributed by atoms with Gasteiger partial charge in [-0.2, -0.15) is 8.78 Å². The van der Waals surface area contributed by atoms with Crippen LogP contribution in [0.5, 0.6) is 5.75 Å². The van der Waals surface area contributed by atoms with Crippen LogP contribution in [0.1, 0.15) is 11.7 Å². The number of aliphatic hydroxyl groups excluding tert-OH is 1. The van der Waals surface area contributed by atoms with Crippen molar-refractivity contribution in [2.24, 2.45) is 5.84 Å². The van der Waals surface area contributed by atoms with E-state index in [4.69, 9.17) is 10.9 Å². The van der Waals surface area contributed by atoms with E-state index in [0.29, 0.717) is 0 Å². The van der Waals surface area contributed by atoms with E-state index in [1.54, 1.807) is 0 Å². The second-order valence-corrected chi connectivity index (χ2v) is 3.01. The van der Waals surface area contributed by atoms with Crippen LogP contribution in [0, 0.1) is 0 Å². The Morgan fingerprint density at radius 3 is 2.59 bits per heavy atom. The summed E-state index contributed by atoms with van der Waals surface area (Å²) >= 11 is 0. The van der Waals surface area contributed by atoms with Crippen LogP contribution in [-0.2, 0) is 4.79 Å². The quantitative estimate of drug-likeness (QED) is 0.451. The maximum absolute atomic E-state index is 11.9. The Balaban J connectivity index is 3.05. The number of aliphatic hydroxyl groups is 1. The summed E-state index contributed by atoms with van der Waals surface area (Å²) < 4.78 is 27.9. The molecule has 1 rings (SSSR count). The minimum Gasteiger partial charge on any atom is -0.479 e. The highest BCUT2D eigenvalue weighted by molar-refractivity contribution is 5.77. The molecule has 0 bridgehead atoms. The molecule has 0 radical (unpaired) electrons. The number of ether oxygens (including phenoxy) is 1. The first-order valence-corrected chi connectivity index (χ1v) is 4.42. The van der Waals surface area contributed by atoms with Gasteiger partial charge in [-0.05, 0) is 6.07 Å². The lowest BCUT2D eigenvalue weighted by atomic mass is 10.1. The molecule has 0 spiro atoms. The van der Waals surface area contributed by atoms with E-state index in [-0.39, 0.29) is 17.0 Å². The van der Waals surface area contributed by atoms with Crippen molar-refractivity contribution in [3.05, 3.63) is 23.8 Å². The van der Waals surface area contributed by atoms with Crippen molar-refractivity contribution in [1.29, 1.82) is 0 Å². The van der Waals surface area contributed by atoms with Crippen LogP contribution in [0.25, 0.3) is 0 Å². The highest BCUT2D eigenvalue weighted by Gasteiger charge is 2.20. The van der Waals surface area contributed by atoms with Gasteiger partial charge >= 0.3 is 12.6 Å². The highest BCUT2D eigenvalue weighted by atomic mass is 19.3. The molecule has 1 aromatic carbocycles. The lowest BCUT2D eigenvalue weighted by molar-refractivity contribution is -0.146. The number of carboxylic acid groups (broad SMARTS) is 1. The fraction of sp³-hybridized carbons (Fsp3) is 0.222. The smallest absolute Gasteiger partial charge is 0.387 e. The van der Waals surface area contributed by atoms with Gasteiger partial charge in [0.2, 0.25) is 0 Å². The summed E-state index contributed by atoms with van der Waals surface area (Å²) in [7, 11) is 0. The number of nitrogens with one attached hydrogen (secondary N) is 1. The molecule has 0 saturated heterocycles. The number of halogens is 2. The van der Waals surface area contributed by atoms with Gasteiger partial charge in [0.15, 0.2) is 6.10 Å². The predicted molar refractivity (Wildman–Crippen MR) is 53.5 cm³/mol. The van der Waals surface area contributed by atoms with E-state index in [0.717, 1.165) is 18.2 Å². The summed E-state index contributed by atoms with van der Waals surface area (Å²) in [4.78, 5) is 10.6. The SMILES string of the molecule is NNc1cc(OC(F)F)ccc1C(O)C(=O)O. The summed E-state index contributed by atoms with van der Waals surface area (Å²) in [5.74, 6) is 3.41. The molecule has 1 aromatic rings. The molecule has 5 N–H and O–H groups in total. The van der Waals surface area contributed by atoms with Crippen LogP contribution in [0.4, 0.5) is 14.5 Å².